The largest absolute Gasteiger partial charge is 0.332 e. The van der Waals surface area contributed by atoms with E-state index in [-0.39, 0.29) is 24.4 Å². The maximum Gasteiger partial charge on any atom is 0.264 e. The minimum Gasteiger partial charge on any atom is -0.332 e. The van der Waals surface area contributed by atoms with Crippen LogP contribution in [0.25, 0.3) is 0 Å². The highest BCUT2D eigenvalue weighted by Gasteiger charge is 2.38. The Hall–Kier alpha value is -2.14. The van der Waals surface area contributed by atoms with Crippen LogP contribution in [0.2, 0.25) is 0 Å². The molecule has 1 aromatic carbocycles. The lowest BCUT2D eigenvalue weighted by atomic mass is 9.90. The summed E-state index contributed by atoms with van der Waals surface area (Å²) in [5, 5.41) is 1.89. The molecule has 0 unspecified atom stereocenters. The minimum absolute atomic E-state index is 0.00453. The van der Waals surface area contributed by atoms with Crippen LogP contribution in [0.5, 0.6) is 0 Å². The third-order valence-electron chi connectivity index (χ3n) is 4.47. The van der Waals surface area contributed by atoms with Crippen molar-refractivity contribution in [2.75, 3.05) is 19.6 Å². The van der Waals surface area contributed by atoms with E-state index in [9.17, 15) is 9.59 Å². The van der Waals surface area contributed by atoms with Crippen LogP contribution in [0.15, 0.2) is 41.8 Å². The van der Waals surface area contributed by atoms with E-state index >= 15 is 0 Å². The molecule has 0 aliphatic carbocycles. The smallest absolute Gasteiger partial charge is 0.264 e. The zero-order valence-corrected chi connectivity index (χ0v) is 12.9. The van der Waals surface area contributed by atoms with Crippen LogP contribution in [0, 0.1) is 0 Å². The van der Waals surface area contributed by atoms with E-state index in [0.717, 1.165) is 13.0 Å². The molecule has 1 atom stereocenters. The maximum atomic E-state index is 12.6. The van der Waals surface area contributed by atoms with Gasteiger partial charge >= 0.3 is 0 Å². The molecule has 22 heavy (non-hydrogen) atoms. The number of fused-ring (bicyclic) bond motifs is 3. The van der Waals surface area contributed by atoms with Gasteiger partial charge in [0.15, 0.2) is 0 Å². The Kier molecular flexibility index (Phi) is 3.22. The van der Waals surface area contributed by atoms with Crippen LogP contribution in [-0.2, 0) is 11.2 Å². The highest BCUT2D eigenvalue weighted by Crippen LogP contribution is 2.33. The molecular weight excluding hydrogens is 296 g/mol. The summed E-state index contributed by atoms with van der Waals surface area (Å²) in [5.74, 6) is 0.0155. The molecule has 2 aliphatic heterocycles. The van der Waals surface area contributed by atoms with E-state index in [1.54, 1.807) is 4.90 Å². The minimum atomic E-state index is -0.0361. The van der Waals surface area contributed by atoms with Crippen LogP contribution < -0.4 is 0 Å². The van der Waals surface area contributed by atoms with E-state index in [0.29, 0.717) is 11.4 Å². The summed E-state index contributed by atoms with van der Waals surface area (Å²) >= 11 is 1.42. The zero-order valence-electron chi connectivity index (χ0n) is 12.1. The van der Waals surface area contributed by atoms with Crippen LogP contribution in [0.1, 0.15) is 26.8 Å². The molecule has 4 nitrogen and oxygen atoms in total. The monoisotopic (exact) mass is 312 g/mol. The second kappa shape index (κ2) is 5.25. The fourth-order valence-corrected chi connectivity index (χ4v) is 4.08. The van der Waals surface area contributed by atoms with Gasteiger partial charge in [0.25, 0.3) is 5.91 Å². The van der Waals surface area contributed by atoms with Gasteiger partial charge < -0.3 is 9.80 Å². The number of rotatable bonds is 1. The molecule has 4 rings (SSSR count). The van der Waals surface area contributed by atoms with Gasteiger partial charge in [0.05, 0.1) is 10.9 Å². The normalized spacial score (nSPS) is 20.5. The number of thiophene rings is 1. The van der Waals surface area contributed by atoms with Crippen molar-refractivity contribution in [1.29, 1.82) is 0 Å². The Morgan fingerprint density at radius 2 is 2.05 bits per heavy atom. The van der Waals surface area contributed by atoms with Crippen molar-refractivity contribution in [2.45, 2.75) is 12.5 Å². The van der Waals surface area contributed by atoms with Crippen LogP contribution in [0.4, 0.5) is 0 Å². The first-order valence-electron chi connectivity index (χ1n) is 7.44. The van der Waals surface area contributed by atoms with Crippen molar-refractivity contribution in [3.05, 3.63) is 57.8 Å². The van der Waals surface area contributed by atoms with E-state index < -0.39 is 0 Å². The average Bonchev–Trinajstić information content (AvgIpc) is 3.08. The van der Waals surface area contributed by atoms with Gasteiger partial charge in [0.1, 0.15) is 6.54 Å². The number of carbonyl (C=O) groups is 2. The Morgan fingerprint density at radius 1 is 1.18 bits per heavy atom. The average molecular weight is 312 g/mol. The van der Waals surface area contributed by atoms with Crippen molar-refractivity contribution in [1.82, 2.24) is 9.80 Å². The summed E-state index contributed by atoms with van der Waals surface area (Å²) in [4.78, 5) is 29.3. The molecule has 2 aromatic rings. The van der Waals surface area contributed by atoms with Crippen molar-refractivity contribution in [3.63, 3.8) is 0 Å². The Labute approximate surface area is 133 Å². The topological polar surface area (TPSA) is 40.6 Å². The summed E-state index contributed by atoms with van der Waals surface area (Å²) in [6.45, 7) is 1.52. The number of hydrogen-bond donors (Lipinski definition) is 0. The molecule has 1 saturated heterocycles. The first kappa shape index (κ1) is 13.5. The number of amides is 2. The SMILES string of the molecule is O=C(c1cccs1)N1CC(=O)N2CCc3ccccc3[C@@H]2C1. The summed E-state index contributed by atoms with van der Waals surface area (Å²) < 4.78 is 0. The van der Waals surface area contributed by atoms with Gasteiger partial charge in [-0.2, -0.15) is 0 Å². The van der Waals surface area contributed by atoms with Crippen molar-refractivity contribution >= 4 is 23.2 Å². The number of nitrogens with zero attached hydrogens (tertiary/aromatic N) is 2. The summed E-state index contributed by atoms with van der Waals surface area (Å²) in [7, 11) is 0. The fraction of sp³-hybridized carbons (Fsp3) is 0.294. The van der Waals surface area contributed by atoms with Crippen LogP contribution in [0.3, 0.4) is 0 Å². The third kappa shape index (κ3) is 2.13. The number of piperazine rings is 1. The summed E-state index contributed by atoms with van der Waals surface area (Å²) in [6, 6.07) is 11.9. The molecule has 5 heteroatoms. The Balaban J connectivity index is 1.66. The van der Waals surface area contributed by atoms with Gasteiger partial charge in [-0.1, -0.05) is 30.3 Å². The molecule has 0 spiro atoms. The molecule has 2 amide bonds. The van der Waals surface area contributed by atoms with Gasteiger partial charge in [0.2, 0.25) is 5.91 Å². The lowest BCUT2D eigenvalue weighted by Crippen LogP contribution is -2.55. The number of hydrogen-bond acceptors (Lipinski definition) is 3. The van der Waals surface area contributed by atoms with Gasteiger partial charge in [-0.3, -0.25) is 9.59 Å². The quantitative estimate of drug-likeness (QED) is 0.811. The lowest BCUT2D eigenvalue weighted by molar-refractivity contribution is -0.139. The fourth-order valence-electron chi connectivity index (χ4n) is 3.39. The second-order valence-corrected chi connectivity index (χ2v) is 6.66. The molecule has 0 saturated carbocycles. The molecule has 112 valence electrons. The first-order valence-corrected chi connectivity index (χ1v) is 8.32. The highest BCUT2D eigenvalue weighted by molar-refractivity contribution is 7.12. The predicted octanol–water partition coefficient (Wildman–Crippen LogP) is 2.33. The molecule has 1 aromatic heterocycles. The Bertz CT molecular complexity index is 726. The second-order valence-electron chi connectivity index (χ2n) is 5.71. The van der Waals surface area contributed by atoms with Gasteiger partial charge in [0, 0.05) is 13.1 Å². The predicted molar refractivity (Wildman–Crippen MR) is 84.8 cm³/mol. The van der Waals surface area contributed by atoms with E-state index in [1.165, 1.54) is 22.5 Å². The van der Waals surface area contributed by atoms with Crippen LogP contribution in [-0.4, -0.2) is 41.2 Å². The van der Waals surface area contributed by atoms with E-state index in [4.69, 9.17) is 0 Å². The molecule has 0 radical (unpaired) electrons. The highest BCUT2D eigenvalue weighted by atomic mass is 32.1. The molecule has 0 bridgehead atoms. The molecule has 0 N–H and O–H groups in total. The van der Waals surface area contributed by atoms with Gasteiger partial charge in [-0.05, 0) is 29.0 Å². The zero-order chi connectivity index (χ0) is 15.1. The van der Waals surface area contributed by atoms with Crippen molar-refractivity contribution in [2.24, 2.45) is 0 Å². The third-order valence-corrected chi connectivity index (χ3v) is 5.33. The molecule has 2 aliphatic rings. The summed E-state index contributed by atoms with van der Waals surface area (Å²) in [6.07, 6.45) is 0.900. The van der Waals surface area contributed by atoms with Crippen molar-refractivity contribution in [3.8, 4) is 0 Å². The Morgan fingerprint density at radius 3 is 2.86 bits per heavy atom. The molecule has 1 fully saturated rings. The van der Waals surface area contributed by atoms with Crippen LogP contribution >= 0.6 is 11.3 Å². The maximum absolute atomic E-state index is 12.6. The van der Waals surface area contributed by atoms with Gasteiger partial charge in [-0.25, -0.2) is 0 Å². The lowest BCUT2D eigenvalue weighted by Gasteiger charge is -2.44. The molecule has 3 heterocycles. The standard InChI is InChI=1S/C17H16N2O2S/c20-16-11-18(17(21)15-6-3-9-22-15)10-14-13-5-2-1-4-12(13)7-8-19(14)16/h1-6,9,14H,7-8,10-11H2/t14-/m0/s1. The molecular formula is C17H16N2O2S. The van der Waals surface area contributed by atoms with Crippen molar-refractivity contribution < 1.29 is 9.59 Å². The van der Waals surface area contributed by atoms with Gasteiger partial charge in [-0.15, -0.1) is 11.3 Å². The first-order chi connectivity index (χ1) is 10.7. The van der Waals surface area contributed by atoms with E-state index in [1.807, 2.05) is 34.5 Å². The summed E-state index contributed by atoms with van der Waals surface area (Å²) in [5.41, 5.74) is 2.48. The van der Waals surface area contributed by atoms with E-state index in [2.05, 4.69) is 12.1 Å². The number of benzene rings is 1. The number of carbonyl (C=O) groups excluding carboxylic acids is 2.